The molecule has 2 heterocycles. The van der Waals surface area contributed by atoms with Crippen molar-refractivity contribution in [3.63, 3.8) is 0 Å². The SMILES string of the molecule is COC(=O)[C@@]1(c2ccc(C)cc2)C[C@H]1CN1CCC(O)(c2ccccc2)CC1.COC(=O)[C@]1(c2ccc(C)cc2)C[C@@H]1CN1CCC(O)(c2ccccc2)CC1. The van der Waals surface area contributed by atoms with E-state index >= 15 is 0 Å². The lowest BCUT2D eigenvalue weighted by Crippen LogP contribution is -2.44. The summed E-state index contributed by atoms with van der Waals surface area (Å²) in [4.78, 5) is 30.1. The summed E-state index contributed by atoms with van der Waals surface area (Å²) in [6.45, 7) is 9.21. The second-order valence-corrected chi connectivity index (χ2v) is 16.9. The van der Waals surface area contributed by atoms with Gasteiger partial charge in [0.25, 0.3) is 0 Å². The van der Waals surface area contributed by atoms with Crippen LogP contribution in [0, 0.1) is 25.7 Å². The largest absolute Gasteiger partial charge is 0.468 e. The van der Waals surface area contributed by atoms with Gasteiger partial charge < -0.3 is 29.5 Å². The van der Waals surface area contributed by atoms with E-state index in [9.17, 15) is 19.8 Å². The summed E-state index contributed by atoms with van der Waals surface area (Å²) in [6.07, 6.45) is 4.56. The van der Waals surface area contributed by atoms with E-state index in [-0.39, 0.29) is 23.8 Å². The Morgan fingerprint density at radius 3 is 1.16 bits per heavy atom. The second kappa shape index (κ2) is 16.3. The molecule has 2 N–H and O–H groups in total. The molecule has 2 saturated carbocycles. The molecule has 8 rings (SSSR count). The van der Waals surface area contributed by atoms with Crippen LogP contribution in [0.4, 0.5) is 0 Å². The van der Waals surface area contributed by atoms with Gasteiger partial charge in [0.2, 0.25) is 0 Å². The third-order valence-electron chi connectivity index (χ3n) is 13.4. The Bertz CT molecular complexity index is 1790. The van der Waals surface area contributed by atoms with Crippen LogP contribution in [0.3, 0.4) is 0 Å². The minimum atomic E-state index is -0.738. The molecule has 2 aliphatic carbocycles. The Balaban J connectivity index is 0.000000172. The fourth-order valence-electron chi connectivity index (χ4n) is 9.52. The predicted octanol–water partition coefficient (Wildman–Crippen LogP) is 6.82. The molecule has 4 aliphatic rings. The predicted molar refractivity (Wildman–Crippen MR) is 218 cm³/mol. The molecule has 296 valence electrons. The van der Waals surface area contributed by atoms with Crippen LogP contribution >= 0.6 is 0 Å². The topological polar surface area (TPSA) is 99.5 Å². The Kier molecular flexibility index (Phi) is 11.6. The Hall–Kier alpha value is -4.34. The number of hydrogen-bond donors (Lipinski definition) is 2. The number of aliphatic hydroxyl groups is 2. The molecule has 0 spiro atoms. The number of rotatable bonds is 10. The Morgan fingerprint density at radius 1 is 0.536 bits per heavy atom. The van der Waals surface area contributed by atoms with Gasteiger partial charge in [0.15, 0.2) is 0 Å². The minimum Gasteiger partial charge on any atom is -0.468 e. The molecule has 4 aromatic rings. The number of ether oxygens (including phenoxy) is 2. The number of carbonyl (C=O) groups excluding carboxylic acids is 2. The fourth-order valence-corrected chi connectivity index (χ4v) is 9.52. The highest BCUT2D eigenvalue weighted by Gasteiger charge is 2.63. The van der Waals surface area contributed by atoms with Crippen molar-refractivity contribution < 1.29 is 29.3 Å². The van der Waals surface area contributed by atoms with Crippen molar-refractivity contribution >= 4 is 11.9 Å². The van der Waals surface area contributed by atoms with Crippen LogP contribution in [0.5, 0.6) is 0 Å². The molecule has 0 amide bonds. The number of methoxy groups -OCH3 is 2. The molecule has 4 fully saturated rings. The molecule has 0 radical (unpaired) electrons. The summed E-state index contributed by atoms with van der Waals surface area (Å²) in [5, 5.41) is 22.1. The van der Waals surface area contributed by atoms with Gasteiger partial charge in [-0.3, -0.25) is 9.59 Å². The van der Waals surface area contributed by atoms with E-state index in [0.717, 1.165) is 100 Å². The van der Waals surface area contributed by atoms with E-state index in [1.54, 1.807) is 0 Å². The highest BCUT2D eigenvalue weighted by Crippen LogP contribution is 2.57. The van der Waals surface area contributed by atoms with Gasteiger partial charge in [-0.25, -0.2) is 0 Å². The molecule has 4 aromatic carbocycles. The van der Waals surface area contributed by atoms with Gasteiger partial charge in [-0.1, -0.05) is 120 Å². The summed E-state index contributed by atoms with van der Waals surface area (Å²) in [7, 11) is 2.96. The van der Waals surface area contributed by atoms with Gasteiger partial charge in [0, 0.05) is 39.3 Å². The monoisotopic (exact) mass is 758 g/mol. The van der Waals surface area contributed by atoms with Crippen LogP contribution in [-0.2, 0) is 41.1 Å². The summed E-state index contributed by atoms with van der Waals surface area (Å²) in [5.74, 6) is 0.287. The zero-order valence-electron chi connectivity index (χ0n) is 33.5. The second-order valence-electron chi connectivity index (χ2n) is 16.9. The maximum atomic E-state index is 12.6. The van der Waals surface area contributed by atoms with Crippen LogP contribution in [0.2, 0.25) is 0 Å². The van der Waals surface area contributed by atoms with Gasteiger partial charge in [-0.15, -0.1) is 0 Å². The minimum absolute atomic E-state index is 0.126. The molecule has 0 aromatic heterocycles. The highest BCUT2D eigenvalue weighted by atomic mass is 16.5. The summed E-state index contributed by atoms with van der Waals surface area (Å²) >= 11 is 0. The number of likely N-dealkylation sites (tertiary alicyclic amines) is 2. The number of esters is 2. The van der Waals surface area contributed by atoms with Gasteiger partial charge >= 0.3 is 11.9 Å². The van der Waals surface area contributed by atoms with Crippen molar-refractivity contribution in [2.75, 3.05) is 53.5 Å². The van der Waals surface area contributed by atoms with E-state index in [4.69, 9.17) is 9.47 Å². The molecule has 4 atom stereocenters. The summed E-state index contributed by atoms with van der Waals surface area (Å²) in [6, 6.07) is 36.5. The fraction of sp³-hybridized carbons (Fsp3) is 0.458. The van der Waals surface area contributed by atoms with Crippen LogP contribution in [0.1, 0.15) is 71.9 Å². The van der Waals surface area contributed by atoms with Crippen LogP contribution in [0.25, 0.3) is 0 Å². The third kappa shape index (κ3) is 7.94. The summed E-state index contributed by atoms with van der Waals surface area (Å²) < 4.78 is 10.4. The van der Waals surface area contributed by atoms with Gasteiger partial charge in [0.1, 0.15) is 0 Å². The standard InChI is InChI=1S/2C24H29NO3/c2*1-18-8-10-20(11-9-18)24(22(26)28-2)16-21(24)17-25-14-12-23(27,13-15-25)19-6-4-3-5-7-19/h2*3-11,21,27H,12-17H2,1-2H3/t2*21-,24+/m10/s1. The van der Waals surface area contributed by atoms with Gasteiger partial charge in [-0.05, 0) is 86.5 Å². The number of benzene rings is 4. The molecule has 56 heavy (non-hydrogen) atoms. The van der Waals surface area contributed by atoms with E-state index in [2.05, 4.69) is 72.2 Å². The van der Waals surface area contributed by atoms with E-state index in [1.165, 1.54) is 25.3 Å². The maximum absolute atomic E-state index is 12.6. The smallest absolute Gasteiger partial charge is 0.316 e. The first kappa shape index (κ1) is 39.9. The number of nitrogens with zero attached hydrogens (tertiary/aromatic N) is 2. The van der Waals surface area contributed by atoms with Crippen molar-refractivity contribution in [3.8, 4) is 0 Å². The quantitative estimate of drug-likeness (QED) is 0.170. The maximum Gasteiger partial charge on any atom is 0.316 e. The third-order valence-corrected chi connectivity index (χ3v) is 13.4. The van der Waals surface area contributed by atoms with E-state index in [0.29, 0.717) is 0 Å². The first-order chi connectivity index (χ1) is 27.0. The first-order valence-electron chi connectivity index (χ1n) is 20.3. The first-order valence-corrected chi connectivity index (χ1v) is 20.3. The number of piperidine rings is 2. The van der Waals surface area contributed by atoms with Crippen molar-refractivity contribution in [2.24, 2.45) is 11.8 Å². The molecule has 0 unspecified atom stereocenters. The van der Waals surface area contributed by atoms with Crippen molar-refractivity contribution in [1.82, 2.24) is 9.80 Å². The van der Waals surface area contributed by atoms with Gasteiger partial charge in [0.05, 0.1) is 36.3 Å². The lowest BCUT2D eigenvalue weighted by molar-refractivity contribution is -0.145. The highest BCUT2D eigenvalue weighted by molar-refractivity contribution is 5.88. The van der Waals surface area contributed by atoms with Crippen LogP contribution in [-0.4, -0.2) is 85.4 Å². The normalized spacial score (nSPS) is 26.6. The molecule has 0 bridgehead atoms. The average Bonchev–Trinajstić information content (AvgIpc) is 4.15. The average molecular weight is 759 g/mol. The number of hydrogen-bond acceptors (Lipinski definition) is 8. The lowest BCUT2D eigenvalue weighted by Gasteiger charge is -2.39. The summed E-state index contributed by atoms with van der Waals surface area (Å²) in [5.41, 5.74) is 4.03. The Morgan fingerprint density at radius 2 is 0.857 bits per heavy atom. The lowest BCUT2D eigenvalue weighted by atomic mass is 9.84. The Labute approximate surface area is 332 Å². The molecule has 8 heteroatoms. The van der Waals surface area contributed by atoms with E-state index in [1.807, 2.05) is 60.7 Å². The molecular formula is C48H58N2O6. The van der Waals surface area contributed by atoms with Crippen molar-refractivity contribution in [1.29, 1.82) is 0 Å². The number of carbonyl (C=O) groups is 2. The zero-order valence-corrected chi connectivity index (χ0v) is 33.5. The van der Waals surface area contributed by atoms with Crippen molar-refractivity contribution in [2.45, 2.75) is 74.4 Å². The number of aryl methyl sites for hydroxylation is 2. The van der Waals surface area contributed by atoms with Crippen LogP contribution < -0.4 is 0 Å². The zero-order chi connectivity index (χ0) is 39.6. The molecular weight excluding hydrogens is 701 g/mol. The van der Waals surface area contributed by atoms with Gasteiger partial charge in [-0.2, -0.15) is 0 Å². The van der Waals surface area contributed by atoms with Crippen molar-refractivity contribution in [3.05, 3.63) is 143 Å². The molecule has 8 nitrogen and oxygen atoms in total. The van der Waals surface area contributed by atoms with E-state index < -0.39 is 22.0 Å². The van der Waals surface area contributed by atoms with Crippen LogP contribution in [0.15, 0.2) is 109 Å². The molecule has 2 aliphatic heterocycles. The molecule has 2 saturated heterocycles.